The van der Waals surface area contributed by atoms with Gasteiger partial charge < -0.3 is 9.47 Å². The number of rotatable bonds is 7. The molecule has 22 heavy (non-hydrogen) atoms. The maximum Gasteiger partial charge on any atom is 0.289 e. The SMILES string of the molecule is CCCOc1ccc(OC(C(=O)NO)c2ccccc2)cc1. The highest BCUT2D eigenvalue weighted by atomic mass is 16.5. The highest BCUT2D eigenvalue weighted by molar-refractivity contribution is 5.81. The number of ether oxygens (including phenoxy) is 2. The monoisotopic (exact) mass is 301 g/mol. The third-order valence-corrected chi connectivity index (χ3v) is 3.00. The average molecular weight is 301 g/mol. The maximum absolute atomic E-state index is 11.8. The van der Waals surface area contributed by atoms with Crippen LogP contribution in [0.5, 0.6) is 11.5 Å². The summed E-state index contributed by atoms with van der Waals surface area (Å²) >= 11 is 0. The number of hydroxylamine groups is 1. The Morgan fingerprint density at radius 2 is 1.73 bits per heavy atom. The fraction of sp³-hybridized carbons (Fsp3) is 0.235. The summed E-state index contributed by atoms with van der Waals surface area (Å²) < 4.78 is 11.2. The van der Waals surface area contributed by atoms with Crippen LogP contribution in [0.3, 0.4) is 0 Å². The Bertz CT molecular complexity index is 583. The molecule has 0 aliphatic rings. The molecular weight excluding hydrogens is 282 g/mol. The fourth-order valence-electron chi connectivity index (χ4n) is 1.93. The number of hydrogen-bond acceptors (Lipinski definition) is 4. The molecular formula is C17H19NO4. The molecule has 5 nitrogen and oxygen atoms in total. The van der Waals surface area contributed by atoms with E-state index < -0.39 is 12.0 Å². The minimum atomic E-state index is -0.923. The lowest BCUT2D eigenvalue weighted by Crippen LogP contribution is -2.29. The number of carbonyl (C=O) groups is 1. The number of benzene rings is 2. The first-order valence-electron chi connectivity index (χ1n) is 7.13. The predicted molar refractivity (Wildman–Crippen MR) is 82.0 cm³/mol. The molecule has 0 spiro atoms. The summed E-state index contributed by atoms with van der Waals surface area (Å²) in [6.45, 7) is 2.69. The lowest BCUT2D eigenvalue weighted by molar-refractivity contribution is -0.136. The second-order valence-electron chi connectivity index (χ2n) is 4.70. The Morgan fingerprint density at radius 1 is 1.09 bits per heavy atom. The molecule has 0 fully saturated rings. The van der Waals surface area contributed by atoms with Crippen molar-refractivity contribution in [2.75, 3.05) is 6.61 Å². The van der Waals surface area contributed by atoms with E-state index in [2.05, 4.69) is 0 Å². The molecule has 116 valence electrons. The first-order chi connectivity index (χ1) is 10.7. The predicted octanol–water partition coefficient (Wildman–Crippen LogP) is 3.10. The molecule has 0 heterocycles. The van der Waals surface area contributed by atoms with Crippen LogP contribution in [0, 0.1) is 0 Å². The molecule has 2 aromatic rings. The van der Waals surface area contributed by atoms with Gasteiger partial charge in [-0.2, -0.15) is 0 Å². The lowest BCUT2D eigenvalue weighted by Gasteiger charge is -2.17. The first kappa shape index (κ1) is 15.9. The van der Waals surface area contributed by atoms with Gasteiger partial charge in [0.2, 0.25) is 6.10 Å². The van der Waals surface area contributed by atoms with Gasteiger partial charge in [-0.1, -0.05) is 37.3 Å². The molecule has 0 aliphatic heterocycles. The zero-order valence-corrected chi connectivity index (χ0v) is 12.4. The molecule has 0 saturated heterocycles. The minimum Gasteiger partial charge on any atom is -0.494 e. The molecule has 1 amide bonds. The Kier molecular flexibility index (Phi) is 5.80. The summed E-state index contributed by atoms with van der Waals surface area (Å²) in [5.74, 6) is 0.635. The van der Waals surface area contributed by atoms with Crippen LogP contribution in [-0.4, -0.2) is 17.7 Å². The van der Waals surface area contributed by atoms with E-state index in [4.69, 9.17) is 14.7 Å². The Morgan fingerprint density at radius 3 is 2.32 bits per heavy atom. The van der Waals surface area contributed by atoms with Gasteiger partial charge in [-0.15, -0.1) is 0 Å². The molecule has 0 aromatic heterocycles. The number of carbonyl (C=O) groups excluding carboxylic acids is 1. The second kappa shape index (κ2) is 8.05. The third-order valence-electron chi connectivity index (χ3n) is 3.00. The van der Waals surface area contributed by atoms with Crippen molar-refractivity contribution >= 4 is 5.91 Å². The Hall–Kier alpha value is -2.53. The summed E-state index contributed by atoms with van der Waals surface area (Å²) in [4.78, 5) is 11.8. The van der Waals surface area contributed by atoms with Crippen LogP contribution in [0.1, 0.15) is 25.0 Å². The van der Waals surface area contributed by atoms with E-state index >= 15 is 0 Å². The van der Waals surface area contributed by atoms with Crippen LogP contribution in [0.25, 0.3) is 0 Å². The van der Waals surface area contributed by atoms with Crippen molar-refractivity contribution in [3.8, 4) is 11.5 Å². The van der Waals surface area contributed by atoms with Crippen molar-refractivity contribution in [2.45, 2.75) is 19.4 Å². The van der Waals surface area contributed by atoms with E-state index in [-0.39, 0.29) is 0 Å². The van der Waals surface area contributed by atoms with Crippen molar-refractivity contribution in [1.29, 1.82) is 0 Å². The van der Waals surface area contributed by atoms with Crippen LogP contribution in [-0.2, 0) is 4.79 Å². The molecule has 2 aromatic carbocycles. The molecule has 2 rings (SSSR count). The van der Waals surface area contributed by atoms with Crippen LogP contribution in [0.2, 0.25) is 0 Å². The summed E-state index contributed by atoms with van der Waals surface area (Å²) in [5, 5.41) is 8.89. The van der Waals surface area contributed by atoms with Crippen LogP contribution in [0.15, 0.2) is 54.6 Å². The van der Waals surface area contributed by atoms with Crippen LogP contribution < -0.4 is 15.0 Å². The highest BCUT2D eigenvalue weighted by Crippen LogP contribution is 2.24. The molecule has 1 unspecified atom stereocenters. The molecule has 1 atom stereocenters. The van der Waals surface area contributed by atoms with Gasteiger partial charge in [0, 0.05) is 5.56 Å². The summed E-state index contributed by atoms with van der Waals surface area (Å²) in [5.41, 5.74) is 2.29. The standard InChI is InChI=1S/C17H19NO4/c1-2-12-21-14-8-10-15(11-9-14)22-16(17(19)18-20)13-6-4-3-5-7-13/h3-11,16,20H,2,12H2,1H3,(H,18,19). The number of nitrogens with one attached hydrogen (secondary N) is 1. The average Bonchev–Trinajstić information content (AvgIpc) is 2.59. The largest absolute Gasteiger partial charge is 0.494 e. The fourth-order valence-corrected chi connectivity index (χ4v) is 1.93. The van der Waals surface area contributed by atoms with Crippen molar-refractivity contribution < 1.29 is 19.5 Å². The summed E-state index contributed by atoms with van der Waals surface area (Å²) in [6, 6.07) is 16.0. The van der Waals surface area contributed by atoms with Crippen LogP contribution >= 0.6 is 0 Å². The lowest BCUT2D eigenvalue weighted by atomic mass is 10.1. The zero-order valence-electron chi connectivity index (χ0n) is 12.4. The molecule has 0 aliphatic carbocycles. The van der Waals surface area contributed by atoms with E-state index in [1.807, 2.05) is 13.0 Å². The molecule has 0 saturated carbocycles. The van der Waals surface area contributed by atoms with Gasteiger partial charge in [-0.25, -0.2) is 5.48 Å². The quantitative estimate of drug-likeness (QED) is 0.609. The summed E-state index contributed by atoms with van der Waals surface area (Å²) in [7, 11) is 0. The maximum atomic E-state index is 11.8. The molecule has 0 bridgehead atoms. The van der Waals surface area contributed by atoms with E-state index in [1.54, 1.807) is 54.0 Å². The van der Waals surface area contributed by atoms with Crippen molar-refractivity contribution in [2.24, 2.45) is 0 Å². The normalized spacial score (nSPS) is 11.5. The smallest absolute Gasteiger partial charge is 0.289 e. The van der Waals surface area contributed by atoms with Gasteiger partial charge in [0.1, 0.15) is 11.5 Å². The van der Waals surface area contributed by atoms with Gasteiger partial charge >= 0.3 is 0 Å². The van der Waals surface area contributed by atoms with Gasteiger partial charge in [-0.3, -0.25) is 10.0 Å². The zero-order chi connectivity index (χ0) is 15.8. The second-order valence-corrected chi connectivity index (χ2v) is 4.70. The highest BCUT2D eigenvalue weighted by Gasteiger charge is 2.22. The van der Waals surface area contributed by atoms with E-state index in [0.29, 0.717) is 17.9 Å². The van der Waals surface area contributed by atoms with Crippen LogP contribution in [0.4, 0.5) is 0 Å². The molecule has 5 heteroatoms. The van der Waals surface area contributed by atoms with Gasteiger partial charge in [-0.05, 0) is 30.7 Å². The summed E-state index contributed by atoms with van der Waals surface area (Å²) in [6.07, 6.45) is 0.0129. The van der Waals surface area contributed by atoms with Gasteiger partial charge in [0.05, 0.1) is 6.61 Å². The van der Waals surface area contributed by atoms with E-state index in [0.717, 1.165) is 12.2 Å². The van der Waals surface area contributed by atoms with E-state index in [1.165, 1.54) is 0 Å². The van der Waals surface area contributed by atoms with Crippen molar-refractivity contribution in [3.05, 3.63) is 60.2 Å². The Balaban J connectivity index is 2.12. The van der Waals surface area contributed by atoms with E-state index in [9.17, 15) is 4.79 Å². The number of amides is 1. The van der Waals surface area contributed by atoms with Crippen molar-refractivity contribution in [3.63, 3.8) is 0 Å². The first-order valence-corrected chi connectivity index (χ1v) is 7.13. The Labute approximate surface area is 129 Å². The third kappa shape index (κ3) is 4.23. The molecule has 0 radical (unpaired) electrons. The number of hydrogen-bond donors (Lipinski definition) is 2. The minimum absolute atomic E-state index is 0.515. The van der Waals surface area contributed by atoms with Gasteiger partial charge in [0.15, 0.2) is 0 Å². The molecule has 2 N–H and O–H groups in total. The van der Waals surface area contributed by atoms with Gasteiger partial charge in [0.25, 0.3) is 5.91 Å². The topological polar surface area (TPSA) is 67.8 Å². The van der Waals surface area contributed by atoms with Crippen molar-refractivity contribution in [1.82, 2.24) is 5.48 Å².